The zero-order chi connectivity index (χ0) is 19.4. The van der Waals surface area contributed by atoms with Crippen LogP contribution in [0.1, 0.15) is 29.3 Å². The van der Waals surface area contributed by atoms with E-state index in [2.05, 4.69) is 15.3 Å². The Morgan fingerprint density at radius 2 is 2.15 bits per heavy atom. The number of alkyl halides is 2. The van der Waals surface area contributed by atoms with E-state index in [0.29, 0.717) is 22.3 Å². The molecule has 0 unspecified atom stereocenters. The minimum Gasteiger partial charge on any atom is -0.485 e. The first-order chi connectivity index (χ1) is 13.0. The van der Waals surface area contributed by atoms with Gasteiger partial charge >= 0.3 is 0 Å². The molecule has 6 nitrogen and oxygen atoms in total. The molecule has 0 aliphatic rings. The Hall–Kier alpha value is -2.39. The van der Waals surface area contributed by atoms with Crippen molar-refractivity contribution in [3.63, 3.8) is 0 Å². The first-order valence-corrected chi connectivity index (χ1v) is 9.38. The van der Waals surface area contributed by atoms with Crippen LogP contribution in [0.5, 0.6) is 5.75 Å². The fourth-order valence-electron chi connectivity index (χ4n) is 2.20. The predicted molar refractivity (Wildman–Crippen MR) is 99.0 cm³/mol. The van der Waals surface area contributed by atoms with Gasteiger partial charge in [0.15, 0.2) is 0 Å². The minimum absolute atomic E-state index is 0.194. The van der Waals surface area contributed by atoms with Crippen molar-refractivity contribution in [2.45, 2.75) is 25.1 Å². The summed E-state index contributed by atoms with van der Waals surface area (Å²) in [4.78, 5) is 0. The fourth-order valence-corrected chi connectivity index (χ4v) is 2.80. The molecule has 0 bridgehead atoms. The Bertz CT molecular complexity index is 958. The Kier molecular flexibility index (Phi) is 6.12. The summed E-state index contributed by atoms with van der Waals surface area (Å²) in [7, 11) is 0. The molecule has 0 atom stereocenters. The topological polar surface area (TPSA) is 65.4 Å². The van der Waals surface area contributed by atoms with Crippen molar-refractivity contribution >= 4 is 29.6 Å². The van der Waals surface area contributed by atoms with Gasteiger partial charge in [0, 0.05) is 10.6 Å². The summed E-state index contributed by atoms with van der Waals surface area (Å²) in [5.41, 5.74) is 0.837. The molecule has 1 aromatic carbocycles. The third-order valence-electron chi connectivity index (χ3n) is 3.58. The quantitative estimate of drug-likeness (QED) is 0.405. The third kappa shape index (κ3) is 4.48. The average molecular weight is 413 g/mol. The molecule has 0 N–H and O–H groups in total. The summed E-state index contributed by atoms with van der Waals surface area (Å²) >= 11 is 7.22. The maximum absolute atomic E-state index is 13.0. The molecule has 27 heavy (non-hydrogen) atoms. The van der Waals surface area contributed by atoms with Crippen LogP contribution in [0, 0.1) is 6.92 Å². The van der Waals surface area contributed by atoms with E-state index >= 15 is 0 Å². The third-order valence-corrected chi connectivity index (χ3v) is 4.61. The summed E-state index contributed by atoms with van der Waals surface area (Å²) in [6.07, 6.45) is 0.242. The molecule has 3 rings (SSSR count). The van der Waals surface area contributed by atoms with Crippen LogP contribution in [0.3, 0.4) is 0 Å². The van der Waals surface area contributed by atoms with Crippen LogP contribution in [0.4, 0.5) is 8.78 Å². The molecule has 0 aliphatic heterocycles. The van der Waals surface area contributed by atoms with Crippen LogP contribution in [-0.4, -0.2) is 27.3 Å². The molecule has 10 heteroatoms. The van der Waals surface area contributed by atoms with Crippen molar-refractivity contribution < 1.29 is 17.9 Å². The largest absolute Gasteiger partial charge is 0.485 e. The van der Waals surface area contributed by atoms with E-state index in [0.717, 1.165) is 22.0 Å². The summed E-state index contributed by atoms with van der Waals surface area (Å²) in [5.74, 6) is 1.07. The van der Waals surface area contributed by atoms with Crippen molar-refractivity contribution in [3.05, 3.63) is 58.3 Å². The summed E-state index contributed by atoms with van der Waals surface area (Å²) in [6, 6.07) is 8.78. The van der Waals surface area contributed by atoms with Crippen LogP contribution in [0.25, 0.3) is 0 Å². The van der Waals surface area contributed by atoms with E-state index in [1.165, 1.54) is 6.21 Å². The van der Waals surface area contributed by atoms with Gasteiger partial charge in [-0.1, -0.05) is 29.4 Å². The Morgan fingerprint density at radius 3 is 2.89 bits per heavy atom. The molecule has 2 aromatic heterocycles. The van der Waals surface area contributed by atoms with Crippen molar-refractivity contribution in [1.82, 2.24) is 14.9 Å². The van der Waals surface area contributed by atoms with Crippen LogP contribution in [0.2, 0.25) is 5.02 Å². The smallest absolute Gasteiger partial charge is 0.299 e. The predicted octanol–water partition coefficient (Wildman–Crippen LogP) is 4.95. The highest BCUT2D eigenvalue weighted by atomic mass is 35.5. The molecular weight excluding hydrogens is 398 g/mol. The second-order valence-electron chi connectivity index (χ2n) is 5.36. The zero-order valence-corrected chi connectivity index (χ0v) is 16.0. The maximum atomic E-state index is 13.0. The van der Waals surface area contributed by atoms with Gasteiger partial charge in [-0.3, -0.25) is 0 Å². The van der Waals surface area contributed by atoms with Crippen LogP contribution in [0.15, 0.2) is 45.0 Å². The lowest BCUT2D eigenvalue weighted by atomic mass is 10.2. The van der Waals surface area contributed by atoms with Crippen molar-refractivity contribution in [2.75, 3.05) is 6.26 Å². The molecule has 0 aliphatic carbocycles. The second kappa shape index (κ2) is 8.53. The van der Waals surface area contributed by atoms with Gasteiger partial charge < -0.3 is 9.15 Å². The number of halogens is 3. The van der Waals surface area contributed by atoms with Gasteiger partial charge in [0.25, 0.3) is 6.43 Å². The zero-order valence-electron chi connectivity index (χ0n) is 14.4. The SMILES string of the molecule is CSc1nnc(C(F)F)n1/N=C/c1ccc(COc2cccc(Cl)c2C)o1. The Morgan fingerprint density at radius 1 is 1.33 bits per heavy atom. The van der Waals surface area contributed by atoms with Gasteiger partial charge in [0.1, 0.15) is 23.9 Å². The van der Waals surface area contributed by atoms with Crippen molar-refractivity contribution in [3.8, 4) is 5.75 Å². The number of furan rings is 1. The highest BCUT2D eigenvalue weighted by Gasteiger charge is 2.19. The van der Waals surface area contributed by atoms with Crippen LogP contribution in [-0.2, 0) is 6.61 Å². The molecule has 0 radical (unpaired) electrons. The number of thioether (sulfide) groups is 1. The lowest BCUT2D eigenvalue weighted by Crippen LogP contribution is -2.00. The van der Waals surface area contributed by atoms with E-state index < -0.39 is 12.2 Å². The van der Waals surface area contributed by atoms with Gasteiger partial charge in [0.05, 0.1) is 6.21 Å². The average Bonchev–Trinajstić information content (AvgIpc) is 3.27. The molecule has 0 spiro atoms. The molecule has 2 heterocycles. The maximum Gasteiger partial charge on any atom is 0.299 e. The van der Waals surface area contributed by atoms with Crippen LogP contribution >= 0.6 is 23.4 Å². The molecule has 142 valence electrons. The minimum atomic E-state index is -2.78. The molecule has 0 amide bonds. The summed E-state index contributed by atoms with van der Waals surface area (Å²) < 4.78 is 38.2. The number of nitrogens with zero attached hydrogens (tertiary/aromatic N) is 4. The standard InChI is InChI=1S/C17H15ClF2N4O2S/c1-10-13(18)4-3-5-14(10)25-9-12-7-6-11(26-12)8-21-24-16(15(19)20)22-23-17(24)27-2/h3-8,15H,9H2,1-2H3/b21-8+. The molecule has 0 fully saturated rings. The van der Waals surface area contributed by atoms with Crippen molar-refractivity contribution in [1.29, 1.82) is 0 Å². The van der Waals surface area contributed by atoms with Gasteiger partial charge in [-0.15, -0.1) is 10.2 Å². The molecule has 0 saturated carbocycles. The number of hydrogen-bond acceptors (Lipinski definition) is 6. The monoisotopic (exact) mass is 412 g/mol. The van der Waals surface area contributed by atoms with E-state index in [4.69, 9.17) is 20.8 Å². The lowest BCUT2D eigenvalue weighted by molar-refractivity contribution is 0.135. The molecule has 3 aromatic rings. The van der Waals surface area contributed by atoms with E-state index in [-0.39, 0.29) is 11.8 Å². The summed E-state index contributed by atoms with van der Waals surface area (Å²) in [5, 5.41) is 12.0. The van der Waals surface area contributed by atoms with Gasteiger partial charge in [-0.25, -0.2) is 8.78 Å². The van der Waals surface area contributed by atoms with E-state index in [9.17, 15) is 8.78 Å². The Balaban J connectivity index is 1.70. The van der Waals surface area contributed by atoms with Gasteiger partial charge in [-0.05, 0) is 37.4 Å². The number of aromatic nitrogens is 3. The summed E-state index contributed by atoms with van der Waals surface area (Å²) in [6.45, 7) is 2.06. The lowest BCUT2D eigenvalue weighted by Gasteiger charge is -2.08. The number of benzene rings is 1. The normalized spacial score (nSPS) is 11.6. The number of ether oxygens (including phenoxy) is 1. The highest BCUT2D eigenvalue weighted by Crippen LogP contribution is 2.26. The number of hydrogen-bond donors (Lipinski definition) is 0. The number of rotatable bonds is 7. The van der Waals surface area contributed by atoms with E-state index in [1.54, 1.807) is 30.5 Å². The first kappa shape index (κ1) is 19.4. The van der Waals surface area contributed by atoms with Gasteiger partial charge in [0.2, 0.25) is 11.0 Å². The van der Waals surface area contributed by atoms with E-state index in [1.807, 2.05) is 13.0 Å². The Labute approximate surface area is 163 Å². The van der Waals surface area contributed by atoms with Crippen molar-refractivity contribution in [2.24, 2.45) is 5.10 Å². The molecule has 0 saturated heterocycles. The second-order valence-corrected chi connectivity index (χ2v) is 6.54. The van der Waals surface area contributed by atoms with Crippen LogP contribution < -0.4 is 4.74 Å². The van der Waals surface area contributed by atoms with Gasteiger partial charge in [-0.2, -0.15) is 9.78 Å². The highest BCUT2D eigenvalue weighted by molar-refractivity contribution is 7.98. The first-order valence-electron chi connectivity index (χ1n) is 7.78. The molecular formula is C17H15ClF2N4O2S. The fraction of sp³-hybridized carbons (Fsp3) is 0.235.